The average Bonchev–Trinajstić information content (AvgIpc) is 2.47. The third-order valence-corrected chi connectivity index (χ3v) is 2.94. The molecule has 4 heteroatoms. The highest BCUT2D eigenvalue weighted by atomic mass is 35.5. The lowest BCUT2D eigenvalue weighted by molar-refractivity contribution is 0.306. The van der Waals surface area contributed by atoms with Crippen molar-refractivity contribution >= 4 is 11.6 Å². The minimum atomic E-state index is -0.516. The Hall–Kier alpha value is -2.05. The highest BCUT2D eigenvalue weighted by molar-refractivity contribution is 6.17. The van der Waals surface area contributed by atoms with Crippen LogP contribution in [0.3, 0.4) is 0 Å². The summed E-state index contributed by atoms with van der Waals surface area (Å²) >= 11 is 5.69. The lowest BCUT2D eigenvalue weighted by Crippen LogP contribution is -1.97. The molecule has 2 aromatic carbocycles. The van der Waals surface area contributed by atoms with Crippen LogP contribution < -0.4 is 4.74 Å². The van der Waals surface area contributed by atoms with Crippen molar-refractivity contribution in [1.82, 2.24) is 0 Å². The first-order chi connectivity index (χ1) is 9.22. The Labute approximate surface area is 116 Å². The van der Waals surface area contributed by atoms with E-state index in [1.807, 2.05) is 24.3 Å². The Morgan fingerprint density at radius 1 is 1.11 bits per heavy atom. The summed E-state index contributed by atoms with van der Waals surface area (Å²) in [5.41, 5.74) is 1.79. The molecule has 0 aliphatic carbocycles. The van der Waals surface area contributed by atoms with Gasteiger partial charge in [0.1, 0.15) is 24.2 Å². The molecule has 0 fully saturated rings. The summed E-state index contributed by atoms with van der Waals surface area (Å²) in [6, 6.07) is 13.6. The van der Waals surface area contributed by atoms with Crippen LogP contribution in [-0.2, 0) is 12.5 Å². The molecular weight excluding hydrogens is 265 g/mol. The van der Waals surface area contributed by atoms with E-state index in [-0.39, 0.29) is 12.2 Å². The zero-order valence-corrected chi connectivity index (χ0v) is 10.8. The molecule has 0 saturated heterocycles. The van der Waals surface area contributed by atoms with Crippen LogP contribution in [0.15, 0.2) is 42.5 Å². The Kier molecular flexibility index (Phi) is 4.38. The largest absolute Gasteiger partial charge is 0.489 e. The van der Waals surface area contributed by atoms with Crippen LogP contribution in [0.25, 0.3) is 0 Å². The fraction of sp³-hybridized carbons (Fsp3) is 0.133. The lowest BCUT2D eigenvalue weighted by Gasteiger charge is -2.07. The first kappa shape index (κ1) is 13.4. The molecule has 2 aromatic rings. The van der Waals surface area contributed by atoms with Crippen molar-refractivity contribution in [1.29, 1.82) is 5.26 Å². The molecule has 0 aliphatic heterocycles. The Morgan fingerprint density at radius 2 is 1.79 bits per heavy atom. The summed E-state index contributed by atoms with van der Waals surface area (Å²) in [6.45, 7) is 0.287. The maximum Gasteiger partial charge on any atom is 0.140 e. The molecule has 2 rings (SSSR count). The van der Waals surface area contributed by atoms with Crippen LogP contribution >= 0.6 is 11.6 Å². The molecule has 0 saturated carbocycles. The Morgan fingerprint density at radius 3 is 2.42 bits per heavy atom. The molecule has 0 atom stereocenters. The maximum absolute atomic E-state index is 13.1. The molecule has 0 bridgehead atoms. The third kappa shape index (κ3) is 3.46. The van der Waals surface area contributed by atoms with Crippen LogP contribution in [-0.4, -0.2) is 0 Å². The van der Waals surface area contributed by atoms with Crippen molar-refractivity contribution in [2.45, 2.75) is 12.5 Å². The topological polar surface area (TPSA) is 33.0 Å². The van der Waals surface area contributed by atoms with E-state index in [1.54, 1.807) is 12.1 Å². The van der Waals surface area contributed by atoms with Crippen LogP contribution in [0.4, 0.5) is 4.39 Å². The number of nitriles is 1. The number of hydrogen-bond donors (Lipinski definition) is 0. The van der Waals surface area contributed by atoms with Crippen molar-refractivity contribution in [3.05, 3.63) is 65.0 Å². The van der Waals surface area contributed by atoms with Crippen molar-refractivity contribution < 1.29 is 9.13 Å². The Balaban J connectivity index is 2.04. The lowest BCUT2D eigenvalue weighted by atomic mass is 10.1. The highest BCUT2D eigenvalue weighted by Gasteiger charge is 2.03. The van der Waals surface area contributed by atoms with E-state index in [0.717, 1.165) is 11.1 Å². The number of halogens is 2. The summed E-state index contributed by atoms with van der Waals surface area (Å²) in [5.74, 6) is 0.651. The van der Waals surface area contributed by atoms with E-state index in [2.05, 4.69) is 0 Å². The molecule has 0 amide bonds. The van der Waals surface area contributed by atoms with E-state index in [9.17, 15) is 4.39 Å². The molecule has 96 valence electrons. The monoisotopic (exact) mass is 275 g/mol. The van der Waals surface area contributed by atoms with Gasteiger partial charge in [0.05, 0.1) is 5.56 Å². The highest BCUT2D eigenvalue weighted by Crippen LogP contribution is 2.16. The first-order valence-electron chi connectivity index (χ1n) is 5.69. The van der Waals surface area contributed by atoms with Gasteiger partial charge < -0.3 is 4.74 Å². The van der Waals surface area contributed by atoms with E-state index < -0.39 is 5.82 Å². The van der Waals surface area contributed by atoms with Crippen LogP contribution in [0, 0.1) is 17.1 Å². The molecular formula is C15H11ClFNO. The van der Waals surface area contributed by atoms with Gasteiger partial charge in [-0.25, -0.2) is 4.39 Å². The SMILES string of the molecule is N#Cc1cc(COc2ccc(CCl)cc2)ccc1F. The van der Waals surface area contributed by atoms with Crippen molar-refractivity contribution in [2.75, 3.05) is 0 Å². The van der Waals surface area contributed by atoms with Crippen molar-refractivity contribution in [3.8, 4) is 11.8 Å². The van der Waals surface area contributed by atoms with Gasteiger partial charge >= 0.3 is 0 Å². The fourth-order valence-electron chi connectivity index (χ4n) is 1.59. The van der Waals surface area contributed by atoms with Gasteiger partial charge in [-0.2, -0.15) is 5.26 Å². The third-order valence-electron chi connectivity index (χ3n) is 2.63. The van der Waals surface area contributed by atoms with Gasteiger partial charge in [0.25, 0.3) is 0 Å². The number of nitrogens with zero attached hydrogens (tertiary/aromatic N) is 1. The summed E-state index contributed by atoms with van der Waals surface area (Å²) in [6.07, 6.45) is 0. The minimum Gasteiger partial charge on any atom is -0.489 e. The van der Waals surface area contributed by atoms with Crippen molar-refractivity contribution in [2.24, 2.45) is 0 Å². The molecule has 0 N–H and O–H groups in total. The molecule has 0 unspecified atom stereocenters. The molecule has 19 heavy (non-hydrogen) atoms. The summed E-state index contributed by atoms with van der Waals surface area (Å²) in [5, 5.41) is 8.74. The van der Waals surface area contributed by atoms with Gasteiger partial charge in [-0.1, -0.05) is 18.2 Å². The summed E-state index contributed by atoms with van der Waals surface area (Å²) in [7, 11) is 0. The molecule has 0 aliphatic rings. The minimum absolute atomic E-state index is 0.0265. The molecule has 0 spiro atoms. The van der Waals surface area contributed by atoms with Gasteiger partial charge in [0.2, 0.25) is 0 Å². The number of benzene rings is 2. The number of alkyl halides is 1. The average molecular weight is 276 g/mol. The molecule has 0 radical (unpaired) electrons. The van der Waals surface area contributed by atoms with E-state index in [0.29, 0.717) is 11.6 Å². The van der Waals surface area contributed by atoms with E-state index in [1.165, 1.54) is 12.1 Å². The second kappa shape index (κ2) is 6.21. The maximum atomic E-state index is 13.1. The predicted octanol–water partition coefficient (Wildman–Crippen LogP) is 4.02. The van der Waals surface area contributed by atoms with Crippen LogP contribution in [0.1, 0.15) is 16.7 Å². The van der Waals surface area contributed by atoms with Crippen molar-refractivity contribution in [3.63, 3.8) is 0 Å². The van der Waals surface area contributed by atoms with Gasteiger partial charge in [-0.05, 0) is 35.4 Å². The molecule has 0 heterocycles. The zero-order chi connectivity index (χ0) is 13.7. The summed E-state index contributed by atoms with van der Waals surface area (Å²) in [4.78, 5) is 0. The quantitative estimate of drug-likeness (QED) is 0.790. The summed E-state index contributed by atoms with van der Waals surface area (Å²) < 4.78 is 18.7. The smallest absolute Gasteiger partial charge is 0.140 e. The van der Waals surface area contributed by atoms with Gasteiger partial charge in [-0.15, -0.1) is 11.6 Å². The van der Waals surface area contributed by atoms with Gasteiger partial charge in [-0.3, -0.25) is 0 Å². The van der Waals surface area contributed by atoms with Gasteiger partial charge in [0.15, 0.2) is 0 Å². The molecule has 2 nitrogen and oxygen atoms in total. The number of hydrogen-bond acceptors (Lipinski definition) is 2. The first-order valence-corrected chi connectivity index (χ1v) is 6.22. The second-order valence-corrected chi connectivity index (χ2v) is 4.26. The normalized spacial score (nSPS) is 9.95. The van der Waals surface area contributed by atoms with Crippen LogP contribution in [0.2, 0.25) is 0 Å². The second-order valence-electron chi connectivity index (χ2n) is 3.99. The number of rotatable bonds is 4. The fourth-order valence-corrected chi connectivity index (χ4v) is 1.77. The number of ether oxygens (including phenoxy) is 1. The Bertz CT molecular complexity index is 605. The van der Waals surface area contributed by atoms with E-state index in [4.69, 9.17) is 21.6 Å². The predicted molar refractivity (Wildman–Crippen MR) is 71.4 cm³/mol. The van der Waals surface area contributed by atoms with Gasteiger partial charge in [0, 0.05) is 5.88 Å². The molecule has 0 aromatic heterocycles. The van der Waals surface area contributed by atoms with Crippen LogP contribution in [0.5, 0.6) is 5.75 Å². The standard InChI is InChI=1S/C15H11ClFNO/c16-8-11-1-4-14(5-2-11)19-10-12-3-6-15(17)13(7-12)9-18/h1-7H,8,10H2. The van der Waals surface area contributed by atoms with E-state index >= 15 is 0 Å². The zero-order valence-electron chi connectivity index (χ0n) is 10.1.